The van der Waals surface area contributed by atoms with Crippen molar-refractivity contribution in [3.05, 3.63) is 0 Å². The molecule has 0 heterocycles. The number of aliphatic hydroxyl groups excluding tert-OH is 1. The van der Waals surface area contributed by atoms with E-state index in [-0.39, 0.29) is 12.5 Å². The van der Waals surface area contributed by atoms with Crippen LogP contribution in [0.4, 0.5) is 0 Å². The number of unbranched alkanes of at least 4 members (excludes halogenated alkanes) is 1. The summed E-state index contributed by atoms with van der Waals surface area (Å²) in [5, 5.41) is 11.1. The Morgan fingerprint density at radius 1 is 1.53 bits per heavy atom. The third-order valence-electron chi connectivity index (χ3n) is 1.99. The standard InChI is InChI=1S/C10H22N2O3/c1-2-3-4-9(11)10(14)12-5-7-15-8-6-13/h9,13H,2-8,11H2,1H3,(H,12,14)/t9-/m0/s1. The SMILES string of the molecule is CCCC[C@H](N)C(=O)NCCOCCO. The average Bonchev–Trinajstić information content (AvgIpc) is 2.25. The molecule has 0 radical (unpaired) electrons. The zero-order valence-electron chi connectivity index (χ0n) is 9.37. The van der Waals surface area contributed by atoms with Crippen molar-refractivity contribution in [3.63, 3.8) is 0 Å². The quantitative estimate of drug-likeness (QED) is 0.461. The van der Waals surface area contributed by atoms with Gasteiger partial charge in [-0.15, -0.1) is 0 Å². The van der Waals surface area contributed by atoms with E-state index in [1.807, 2.05) is 0 Å². The normalized spacial score (nSPS) is 12.5. The van der Waals surface area contributed by atoms with Crippen LogP contribution in [0.3, 0.4) is 0 Å². The van der Waals surface area contributed by atoms with Crippen molar-refractivity contribution in [1.29, 1.82) is 0 Å². The Balaban J connectivity index is 3.38. The number of hydrogen-bond acceptors (Lipinski definition) is 4. The van der Waals surface area contributed by atoms with Crippen LogP contribution in [-0.4, -0.2) is 43.4 Å². The highest BCUT2D eigenvalue weighted by molar-refractivity contribution is 5.81. The van der Waals surface area contributed by atoms with Crippen molar-refractivity contribution in [2.75, 3.05) is 26.4 Å². The van der Waals surface area contributed by atoms with Gasteiger partial charge >= 0.3 is 0 Å². The Morgan fingerprint density at radius 2 is 2.27 bits per heavy atom. The summed E-state index contributed by atoms with van der Waals surface area (Å²) in [6, 6.07) is -0.414. The van der Waals surface area contributed by atoms with E-state index in [0.717, 1.165) is 19.3 Å². The first kappa shape index (κ1) is 14.3. The summed E-state index contributed by atoms with van der Waals surface area (Å²) in [6.07, 6.45) is 2.73. The average molecular weight is 218 g/mol. The van der Waals surface area contributed by atoms with Gasteiger partial charge in [-0.2, -0.15) is 0 Å². The minimum absolute atomic E-state index is 0.00393. The fourth-order valence-corrected chi connectivity index (χ4v) is 1.10. The van der Waals surface area contributed by atoms with Crippen molar-refractivity contribution in [1.82, 2.24) is 5.32 Å². The van der Waals surface area contributed by atoms with Gasteiger partial charge in [0.05, 0.1) is 25.9 Å². The predicted molar refractivity (Wildman–Crippen MR) is 58.4 cm³/mol. The van der Waals surface area contributed by atoms with E-state index in [1.54, 1.807) is 0 Å². The van der Waals surface area contributed by atoms with Crippen LogP contribution in [0.25, 0.3) is 0 Å². The van der Waals surface area contributed by atoms with Gasteiger partial charge in [0.1, 0.15) is 0 Å². The highest BCUT2D eigenvalue weighted by Gasteiger charge is 2.11. The minimum atomic E-state index is -0.414. The van der Waals surface area contributed by atoms with E-state index in [9.17, 15) is 4.79 Å². The molecule has 0 aliphatic heterocycles. The molecule has 0 spiro atoms. The lowest BCUT2D eigenvalue weighted by molar-refractivity contribution is -0.122. The molecular formula is C10H22N2O3. The number of carbonyl (C=O) groups excluding carboxylic acids is 1. The Kier molecular flexibility index (Phi) is 9.46. The minimum Gasteiger partial charge on any atom is -0.394 e. The maximum Gasteiger partial charge on any atom is 0.236 e. The summed E-state index contributed by atoms with van der Waals surface area (Å²) < 4.78 is 4.99. The zero-order valence-corrected chi connectivity index (χ0v) is 9.37. The lowest BCUT2D eigenvalue weighted by atomic mass is 10.1. The Labute approximate surface area is 91.0 Å². The molecule has 0 aliphatic rings. The van der Waals surface area contributed by atoms with Crippen LogP contribution < -0.4 is 11.1 Å². The van der Waals surface area contributed by atoms with Crippen molar-refractivity contribution < 1.29 is 14.6 Å². The van der Waals surface area contributed by atoms with Crippen molar-refractivity contribution in [3.8, 4) is 0 Å². The molecular weight excluding hydrogens is 196 g/mol. The van der Waals surface area contributed by atoms with Gasteiger partial charge in [-0.1, -0.05) is 19.8 Å². The van der Waals surface area contributed by atoms with Gasteiger partial charge in [-0.05, 0) is 6.42 Å². The molecule has 5 heteroatoms. The van der Waals surface area contributed by atoms with Gasteiger partial charge in [0, 0.05) is 6.54 Å². The number of amides is 1. The van der Waals surface area contributed by atoms with Crippen LogP contribution in [0.5, 0.6) is 0 Å². The Bertz CT molecular complexity index is 165. The van der Waals surface area contributed by atoms with E-state index in [1.165, 1.54) is 0 Å². The number of ether oxygens (including phenoxy) is 1. The monoisotopic (exact) mass is 218 g/mol. The first-order valence-corrected chi connectivity index (χ1v) is 5.44. The van der Waals surface area contributed by atoms with E-state index in [4.69, 9.17) is 15.6 Å². The van der Waals surface area contributed by atoms with Crippen LogP contribution >= 0.6 is 0 Å². The molecule has 0 fully saturated rings. The van der Waals surface area contributed by atoms with Crippen molar-refractivity contribution in [2.24, 2.45) is 5.73 Å². The predicted octanol–water partition coefficient (Wildman–Crippen LogP) is -0.371. The van der Waals surface area contributed by atoms with Gasteiger partial charge in [0.25, 0.3) is 0 Å². The van der Waals surface area contributed by atoms with E-state index in [2.05, 4.69) is 12.2 Å². The number of nitrogens with two attached hydrogens (primary N) is 1. The van der Waals surface area contributed by atoms with Crippen LogP contribution in [0, 0.1) is 0 Å². The molecule has 0 aliphatic carbocycles. The largest absolute Gasteiger partial charge is 0.394 e. The highest BCUT2D eigenvalue weighted by Crippen LogP contribution is 1.97. The highest BCUT2D eigenvalue weighted by atomic mass is 16.5. The van der Waals surface area contributed by atoms with Gasteiger partial charge in [-0.3, -0.25) is 4.79 Å². The molecule has 4 N–H and O–H groups in total. The smallest absolute Gasteiger partial charge is 0.236 e. The van der Waals surface area contributed by atoms with Crippen LogP contribution in [-0.2, 0) is 9.53 Å². The van der Waals surface area contributed by atoms with Crippen molar-refractivity contribution >= 4 is 5.91 Å². The summed E-state index contributed by atoms with van der Waals surface area (Å²) in [7, 11) is 0. The van der Waals surface area contributed by atoms with E-state index in [0.29, 0.717) is 19.8 Å². The number of rotatable bonds is 9. The number of nitrogens with one attached hydrogen (secondary N) is 1. The zero-order chi connectivity index (χ0) is 11.5. The lowest BCUT2D eigenvalue weighted by Gasteiger charge is -2.11. The van der Waals surface area contributed by atoms with Gasteiger partial charge in [0.2, 0.25) is 5.91 Å². The fraction of sp³-hybridized carbons (Fsp3) is 0.900. The van der Waals surface area contributed by atoms with Gasteiger partial charge in [0.15, 0.2) is 0 Å². The summed E-state index contributed by atoms with van der Waals surface area (Å²) in [4.78, 5) is 11.3. The van der Waals surface area contributed by atoms with Gasteiger partial charge < -0.3 is 20.9 Å². The van der Waals surface area contributed by atoms with E-state index >= 15 is 0 Å². The molecule has 0 unspecified atom stereocenters. The van der Waals surface area contributed by atoms with Crippen LogP contribution in [0.15, 0.2) is 0 Å². The maximum atomic E-state index is 11.3. The molecule has 0 rings (SSSR count). The lowest BCUT2D eigenvalue weighted by Crippen LogP contribution is -2.41. The first-order valence-electron chi connectivity index (χ1n) is 5.44. The Hall–Kier alpha value is -0.650. The van der Waals surface area contributed by atoms with Crippen LogP contribution in [0.2, 0.25) is 0 Å². The topological polar surface area (TPSA) is 84.6 Å². The molecule has 90 valence electrons. The molecule has 1 atom stereocenters. The third kappa shape index (κ3) is 8.35. The fourth-order valence-electron chi connectivity index (χ4n) is 1.10. The summed E-state index contributed by atoms with van der Waals surface area (Å²) in [6.45, 7) is 3.22. The second kappa shape index (κ2) is 9.89. The Morgan fingerprint density at radius 3 is 2.87 bits per heavy atom. The van der Waals surface area contributed by atoms with E-state index < -0.39 is 6.04 Å². The summed E-state index contributed by atoms with van der Waals surface area (Å²) in [5.74, 6) is -0.129. The molecule has 1 amide bonds. The first-order chi connectivity index (χ1) is 7.22. The second-order valence-electron chi connectivity index (χ2n) is 3.38. The molecule has 5 nitrogen and oxygen atoms in total. The molecule has 0 saturated heterocycles. The third-order valence-corrected chi connectivity index (χ3v) is 1.99. The number of hydrogen-bond donors (Lipinski definition) is 3. The molecule has 0 aromatic carbocycles. The maximum absolute atomic E-state index is 11.3. The molecule has 0 aromatic rings. The molecule has 0 aromatic heterocycles. The van der Waals surface area contributed by atoms with Crippen molar-refractivity contribution in [2.45, 2.75) is 32.2 Å². The summed E-state index contributed by atoms with van der Waals surface area (Å²) >= 11 is 0. The molecule has 15 heavy (non-hydrogen) atoms. The van der Waals surface area contributed by atoms with Crippen LogP contribution in [0.1, 0.15) is 26.2 Å². The molecule has 0 bridgehead atoms. The second-order valence-corrected chi connectivity index (χ2v) is 3.38. The van der Waals surface area contributed by atoms with Gasteiger partial charge in [-0.25, -0.2) is 0 Å². The summed E-state index contributed by atoms with van der Waals surface area (Å²) in [5.41, 5.74) is 5.65. The number of carbonyl (C=O) groups is 1. The molecule has 0 saturated carbocycles. The number of aliphatic hydroxyl groups is 1.